The van der Waals surface area contributed by atoms with Gasteiger partial charge in [-0.1, -0.05) is 22.8 Å². The van der Waals surface area contributed by atoms with Crippen LogP contribution in [0.1, 0.15) is 17.9 Å². The Labute approximate surface area is 166 Å². The molecule has 2 aromatic carbocycles. The zero-order valence-electron chi connectivity index (χ0n) is 15.2. The van der Waals surface area contributed by atoms with Gasteiger partial charge in [0.15, 0.2) is 11.5 Å². The number of aryl methyl sites for hydroxylation is 1. The summed E-state index contributed by atoms with van der Waals surface area (Å²) >= 11 is 5.89. The van der Waals surface area contributed by atoms with Crippen LogP contribution in [-0.4, -0.2) is 34.8 Å². The first-order valence-electron chi connectivity index (χ1n) is 8.79. The third kappa shape index (κ3) is 4.09. The van der Waals surface area contributed by atoms with E-state index in [1.54, 1.807) is 24.1 Å². The van der Waals surface area contributed by atoms with Crippen molar-refractivity contribution >= 4 is 17.5 Å². The monoisotopic (exact) mass is 399 g/mol. The summed E-state index contributed by atoms with van der Waals surface area (Å²) in [4.78, 5) is 18.4. The fourth-order valence-electron chi connectivity index (χ4n) is 2.86. The Morgan fingerprint density at radius 3 is 2.75 bits per heavy atom. The minimum Gasteiger partial charge on any atom is -0.454 e. The summed E-state index contributed by atoms with van der Waals surface area (Å²) in [5.41, 5.74) is 1.82. The van der Waals surface area contributed by atoms with Gasteiger partial charge < -0.3 is 18.9 Å². The molecule has 1 aromatic heterocycles. The van der Waals surface area contributed by atoms with E-state index in [1.165, 1.54) is 0 Å². The number of hydrogen-bond acceptors (Lipinski definition) is 6. The van der Waals surface area contributed by atoms with Gasteiger partial charge in [0, 0.05) is 24.1 Å². The Bertz CT molecular complexity index is 987. The smallest absolute Gasteiger partial charge is 0.246 e. The van der Waals surface area contributed by atoms with Crippen molar-refractivity contribution in [3.63, 3.8) is 0 Å². The lowest BCUT2D eigenvalue weighted by molar-refractivity contribution is -0.130. The van der Waals surface area contributed by atoms with Gasteiger partial charge in [0.2, 0.25) is 24.4 Å². The first kappa shape index (κ1) is 18.3. The molecule has 0 radical (unpaired) electrons. The summed E-state index contributed by atoms with van der Waals surface area (Å²) in [6.07, 6.45) is 0.980. The van der Waals surface area contributed by atoms with Crippen LogP contribution in [0.3, 0.4) is 0 Å². The van der Waals surface area contributed by atoms with Gasteiger partial charge in [-0.2, -0.15) is 4.98 Å². The second kappa shape index (κ2) is 7.90. The van der Waals surface area contributed by atoms with E-state index < -0.39 is 0 Å². The molecular formula is C20H18ClN3O4. The number of benzene rings is 2. The van der Waals surface area contributed by atoms with E-state index in [4.69, 9.17) is 25.6 Å². The van der Waals surface area contributed by atoms with E-state index in [0.29, 0.717) is 29.6 Å². The number of aromatic nitrogens is 2. The van der Waals surface area contributed by atoms with Crippen molar-refractivity contribution in [1.82, 2.24) is 15.0 Å². The molecule has 28 heavy (non-hydrogen) atoms. The average molecular weight is 400 g/mol. The number of fused-ring (bicyclic) bond motifs is 1. The quantitative estimate of drug-likeness (QED) is 0.628. The molecule has 0 fully saturated rings. The predicted octanol–water partition coefficient (Wildman–Crippen LogP) is 3.71. The van der Waals surface area contributed by atoms with Gasteiger partial charge in [0.25, 0.3) is 0 Å². The number of rotatable bonds is 6. The molecule has 0 saturated heterocycles. The second-order valence-corrected chi connectivity index (χ2v) is 6.89. The number of carbonyl (C=O) groups is 1. The highest BCUT2D eigenvalue weighted by Crippen LogP contribution is 2.32. The molecule has 0 unspecified atom stereocenters. The average Bonchev–Trinajstić information content (AvgIpc) is 3.35. The summed E-state index contributed by atoms with van der Waals surface area (Å²) in [5, 5.41) is 4.60. The van der Waals surface area contributed by atoms with Crippen LogP contribution >= 0.6 is 11.6 Å². The number of hydrogen-bond donors (Lipinski definition) is 0. The molecule has 8 heteroatoms. The standard InChI is InChI=1S/C20H18ClN3O4/c1-24(11-18-22-20(23-28-18)14-4-6-15(21)7-5-14)19(25)9-3-13-2-8-16-17(10-13)27-12-26-16/h2,4-8,10H,3,9,11-12H2,1H3. The lowest BCUT2D eigenvalue weighted by Gasteiger charge is -2.14. The van der Waals surface area contributed by atoms with E-state index in [2.05, 4.69) is 10.1 Å². The molecule has 1 aliphatic rings. The molecule has 0 atom stereocenters. The largest absolute Gasteiger partial charge is 0.454 e. The SMILES string of the molecule is CN(Cc1nc(-c2ccc(Cl)cc2)no1)C(=O)CCc1ccc2c(c1)OCO2. The Hall–Kier alpha value is -3.06. The van der Waals surface area contributed by atoms with Crippen molar-refractivity contribution in [1.29, 1.82) is 0 Å². The molecule has 144 valence electrons. The van der Waals surface area contributed by atoms with Gasteiger partial charge in [-0.3, -0.25) is 4.79 Å². The number of carbonyl (C=O) groups excluding carboxylic acids is 1. The minimum atomic E-state index is -0.0103. The van der Waals surface area contributed by atoms with E-state index in [-0.39, 0.29) is 19.2 Å². The van der Waals surface area contributed by atoms with Crippen LogP contribution in [0.4, 0.5) is 0 Å². The van der Waals surface area contributed by atoms with Crippen LogP contribution in [0.5, 0.6) is 11.5 Å². The molecule has 1 aliphatic heterocycles. The Morgan fingerprint density at radius 2 is 1.93 bits per heavy atom. The van der Waals surface area contributed by atoms with Crippen molar-refractivity contribution in [2.75, 3.05) is 13.8 Å². The fourth-order valence-corrected chi connectivity index (χ4v) is 2.99. The van der Waals surface area contributed by atoms with Crippen LogP contribution in [0.2, 0.25) is 5.02 Å². The highest BCUT2D eigenvalue weighted by Gasteiger charge is 2.17. The third-order valence-corrected chi connectivity index (χ3v) is 4.69. The summed E-state index contributed by atoms with van der Waals surface area (Å²) in [6.45, 7) is 0.489. The second-order valence-electron chi connectivity index (χ2n) is 6.46. The molecule has 1 amide bonds. The van der Waals surface area contributed by atoms with Crippen molar-refractivity contribution in [2.45, 2.75) is 19.4 Å². The summed E-state index contributed by atoms with van der Waals surface area (Å²) in [7, 11) is 1.72. The highest BCUT2D eigenvalue weighted by atomic mass is 35.5. The zero-order chi connectivity index (χ0) is 19.5. The molecule has 0 N–H and O–H groups in total. The van der Waals surface area contributed by atoms with Crippen LogP contribution < -0.4 is 9.47 Å². The molecule has 4 rings (SSSR count). The molecule has 0 saturated carbocycles. The maximum absolute atomic E-state index is 12.4. The highest BCUT2D eigenvalue weighted by molar-refractivity contribution is 6.30. The van der Waals surface area contributed by atoms with Crippen LogP contribution in [0, 0.1) is 0 Å². The molecule has 7 nitrogen and oxygen atoms in total. The third-order valence-electron chi connectivity index (χ3n) is 4.43. The van der Waals surface area contributed by atoms with E-state index >= 15 is 0 Å². The predicted molar refractivity (Wildman–Crippen MR) is 102 cm³/mol. The van der Waals surface area contributed by atoms with Crippen LogP contribution in [0.25, 0.3) is 11.4 Å². The normalized spacial score (nSPS) is 12.2. The summed E-state index contributed by atoms with van der Waals surface area (Å²) in [5.74, 6) is 2.29. The van der Waals surface area contributed by atoms with Crippen molar-refractivity contribution < 1.29 is 18.8 Å². The van der Waals surface area contributed by atoms with Crippen molar-refractivity contribution in [2.24, 2.45) is 0 Å². The van der Waals surface area contributed by atoms with Gasteiger partial charge >= 0.3 is 0 Å². The van der Waals surface area contributed by atoms with Crippen molar-refractivity contribution in [3.8, 4) is 22.9 Å². The van der Waals surface area contributed by atoms with Gasteiger partial charge in [-0.25, -0.2) is 0 Å². The topological polar surface area (TPSA) is 77.7 Å². The molecule has 0 aliphatic carbocycles. The Balaban J connectivity index is 1.32. The summed E-state index contributed by atoms with van der Waals surface area (Å²) < 4.78 is 15.9. The van der Waals surface area contributed by atoms with Gasteiger partial charge in [0.05, 0.1) is 6.54 Å². The van der Waals surface area contributed by atoms with Crippen LogP contribution in [-0.2, 0) is 17.8 Å². The number of amides is 1. The Morgan fingerprint density at radius 1 is 1.14 bits per heavy atom. The lowest BCUT2D eigenvalue weighted by Crippen LogP contribution is -2.26. The molecule has 3 aromatic rings. The lowest BCUT2D eigenvalue weighted by atomic mass is 10.1. The zero-order valence-corrected chi connectivity index (χ0v) is 16.0. The minimum absolute atomic E-state index is 0.0103. The molecule has 2 heterocycles. The first-order chi connectivity index (χ1) is 13.6. The summed E-state index contributed by atoms with van der Waals surface area (Å²) in [6, 6.07) is 12.9. The maximum atomic E-state index is 12.4. The molecular weight excluding hydrogens is 382 g/mol. The van der Waals surface area contributed by atoms with Gasteiger partial charge in [-0.15, -0.1) is 0 Å². The van der Waals surface area contributed by atoms with E-state index in [1.807, 2.05) is 30.3 Å². The maximum Gasteiger partial charge on any atom is 0.246 e. The molecule has 0 bridgehead atoms. The number of halogens is 1. The fraction of sp³-hybridized carbons (Fsp3) is 0.250. The van der Waals surface area contributed by atoms with E-state index in [9.17, 15) is 4.79 Å². The van der Waals surface area contributed by atoms with Gasteiger partial charge in [-0.05, 0) is 48.4 Å². The number of nitrogens with zero attached hydrogens (tertiary/aromatic N) is 3. The van der Waals surface area contributed by atoms with E-state index in [0.717, 1.165) is 22.6 Å². The van der Waals surface area contributed by atoms with Crippen LogP contribution in [0.15, 0.2) is 47.0 Å². The number of ether oxygens (including phenoxy) is 2. The Kier molecular flexibility index (Phi) is 5.16. The first-order valence-corrected chi connectivity index (χ1v) is 9.17. The molecule has 0 spiro atoms. The van der Waals surface area contributed by atoms with Crippen molar-refractivity contribution in [3.05, 3.63) is 58.9 Å². The van der Waals surface area contributed by atoms with Gasteiger partial charge in [0.1, 0.15) is 0 Å².